The number of quaternary nitrogens is 1. The van der Waals surface area contributed by atoms with E-state index in [0.29, 0.717) is 49.8 Å². The van der Waals surface area contributed by atoms with Gasteiger partial charge in [-0.1, -0.05) is 138 Å². The Balaban J connectivity index is 0.0000146. The van der Waals surface area contributed by atoms with Gasteiger partial charge in [-0.25, -0.2) is 0 Å². The largest absolute Gasteiger partial charge is 1.00 e. The number of carbonyl (C=O) groups excluding carboxylic acids is 4. The van der Waals surface area contributed by atoms with Crippen molar-refractivity contribution in [2.24, 2.45) is 0 Å². The van der Waals surface area contributed by atoms with Crippen molar-refractivity contribution in [3.63, 3.8) is 0 Å². The van der Waals surface area contributed by atoms with Crippen LogP contribution in [0.2, 0.25) is 0 Å². The second-order valence-corrected chi connectivity index (χ2v) is 15.4. The summed E-state index contributed by atoms with van der Waals surface area (Å²) < 4.78 is 11.9. The van der Waals surface area contributed by atoms with Crippen LogP contribution in [0.3, 0.4) is 0 Å². The Morgan fingerprint density at radius 2 is 0.870 bits per heavy atom. The van der Waals surface area contributed by atoms with Crippen molar-refractivity contribution < 1.29 is 57.1 Å². The summed E-state index contributed by atoms with van der Waals surface area (Å²) in [6, 6.07) is 19.9. The van der Waals surface area contributed by atoms with Gasteiger partial charge in [-0.2, -0.15) is 0 Å². The highest BCUT2D eigenvalue weighted by Gasteiger charge is 2.24. The number of amides is 2. The zero-order chi connectivity index (χ0) is 38.4. The molecular formula is C44H70IN3O6. The van der Waals surface area contributed by atoms with Crippen LogP contribution in [-0.2, 0) is 41.7 Å². The van der Waals surface area contributed by atoms with E-state index in [4.69, 9.17) is 9.47 Å². The molecule has 0 radical (unpaired) electrons. The lowest BCUT2D eigenvalue weighted by Crippen LogP contribution is -3.00. The molecule has 0 aliphatic heterocycles. The minimum atomic E-state index is -0.457. The maximum absolute atomic E-state index is 12.6. The van der Waals surface area contributed by atoms with Gasteiger partial charge in [0.15, 0.2) is 6.10 Å². The minimum Gasteiger partial charge on any atom is -1.00 e. The number of nitrogens with zero attached hydrogens (tertiary/aromatic N) is 1. The predicted molar refractivity (Wildman–Crippen MR) is 213 cm³/mol. The van der Waals surface area contributed by atoms with E-state index in [1.807, 2.05) is 81.8 Å². The van der Waals surface area contributed by atoms with Crippen LogP contribution in [0.4, 0.5) is 0 Å². The SMILES string of the molecule is C[N+](C)(C)CC(COC(=O)CCCCCCCCCCC(=O)NCc1ccccc1)OC(=O)CCCCCCCCCCC(=O)NCc1ccccc1.[I-]. The fourth-order valence-electron chi connectivity index (χ4n) is 6.24. The third-order valence-electron chi connectivity index (χ3n) is 9.21. The molecule has 2 amide bonds. The average molecular weight is 864 g/mol. The second kappa shape index (κ2) is 31.2. The van der Waals surface area contributed by atoms with Crippen molar-refractivity contribution >= 4 is 23.8 Å². The molecule has 10 heteroatoms. The van der Waals surface area contributed by atoms with Crippen molar-refractivity contribution in [2.75, 3.05) is 34.3 Å². The molecule has 0 saturated carbocycles. The third kappa shape index (κ3) is 28.5. The van der Waals surface area contributed by atoms with Crippen LogP contribution in [0.25, 0.3) is 0 Å². The van der Waals surface area contributed by atoms with Crippen molar-refractivity contribution in [3.8, 4) is 0 Å². The van der Waals surface area contributed by atoms with Crippen molar-refractivity contribution in [1.29, 1.82) is 0 Å². The van der Waals surface area contributed by atoms with Crippen LogP contribution in [0.1, 0.15) is 140 Å². The smallest absolute Gasteiger partial charge is 0.306 e. The molecule has 0 aliphatic carbocycles. The molecule has 1 atom stereocenters. The molecule has 2 N–H and O–H groups in total. The summed E-state index contributed by atoms with van der Waals surface area (Å²) in [4.78, 5) is 49.1. The van der Waals surface area contributed by atoms with E-state index in [9.17, 15) is 19.2 Å². The Morgan fingerprint density at radius 3 is 1.26 bits per heavy atom. The Labute approximate surface area is 343 Å². The highest BCUT2D eigenvalue weighted by atomic mass is 127. The number of carbonyl (C=O) groups is 4. The first kappa shape index (κ1) is 49.0. The number of hydrogen-bond acceptors (Lipinski definition) is 6. The molecular weight excluding hydrogens is 793 g/mol. The molecule has 9 nitrogen and oxygen atoms in total. The number of esters is 2. The maximum atomic E-state index is 12.6. The summed E-state index contributed by atoms with van der Waals surface area (Å²) >= 11 is 0. The molecule has 2 rings (SSSR count). The fraction of sp³-hybridized carbons (Fsp3) is 0.636. The van der Waals surface area contributed by atoms with Gasteiger partial charge in [0.2, 0.25) is 11.8 Å². The summed E-state index contributed by atoms with van der Waals surface area (Å²) in [6.07, 6.45) is 17.9. The lowest BCUT2D eigenvalue weighted by atomic mass is 10.1. The van der Waals surface area contributed by atoms with E-state index in [1.54, 1.807) is 0 Å². The summed E-state index contributed by atoms with van der Waals surface area (Å²) in [6.45, 7) is 1.84. The summed E-state index contributed by atoms with van der Waals surface area (Å²) in [5.74, 6) is -0.230. The first-order chi connectivity index (χ1) is 25.6. The van der Waals surface area contributed by atoms with Crippen molar-refractivity contribution in [2.45, 2.75) is 148 Å². The standard InChI is InChI=1S/C44H69N3O6.HI/c1-47(2,3)36-40(53-44(51)33-25-15-11-7-5-9-13-23-31-42(49)46-35-39-28-20-17-21-29-39)37-52-43(50)32-24-14-10-6-4-8-12-22-30-41(48)45-34-38-26-18-16-19-27-38;/h16-21,26-29,40H,4-15,22-25,30-37H2,1-3H3,(H-,45,46,48,49);1H. The van der Waals surface area contributed by atoms with Gasteiger partial charge in [0.25, 0.3) is 0 Å². The number of likely N-dealkylation sites (N-methyl/N-ethyl adjacent to an activating group) is 1. The second-order valence-electron chi connectivity index (χ2n) is 15.4. The van der Waals surface area contributed by atoms with E-state index in [0.717, 1.165) is 114 Å². The summed E-state index contributed by atoms with van der Waals surface area (Å²) in [7, 11) is 6.11. The monoisotopic (exact) mass is 863 g/mol. The molecule has 0 aromatic heterocycles. The number of nitrogens with one attached hydrogen (secondary N) is 2. The molecule has 0 spiro atoms. The molecule has 304 valence electrons. The molecule has 2 aromatic rings. The lowest BCUT2D eigenvalue weighted by molar-refractivity contribution is -0.873. The molecule has 0 heterocycles. The molecule has 0 fully saturated rings. The van der Waals surface area contributed by atoms with Gasteiger partial charge in [-0.3, -0.25) is 19.2 Å². The van der Waals surface area contributed by atoms with Gasteiger partial charge in [0.1, 0.15) is 13.2 Å². The van der Waals surface area contributed by atoms with Crippen LogP contribution in [0, 0.1) is 0 Å². The van der Waals surface area contributed by atoms with Crippen LogP contribution in [0.15, 0.2) is 60.7 Å². The van der Waals surface area contributed by atoms with Gasteiger partial charge in [-0.05, 0) is 36.8 Å². The Kier molecular flexibility index (Phi) is 28.4. The Bertz CT molecular complexity index is 1270. The highest BCUT2D eigenvalue weighted by Crippen LogP contribution is 2.14. The van der Waals surface area contributed by atoms with Crippen LogP contribution in [-0.4, -0.2) is 68.6 Å². The predicted octanol–water partition coefficient (Wildman–Crippen LogP) is 5.59. The number of unbranched alkanes of at least 4 members (excludes halogenated alkanes) is 14. The maximum Gasteiger partial charge on any atom is 0.306 e. The van der Waals surface area contributed by atoms with Gasteiger partial charge in [0.05, 0.1) is 21.1 Å². The average Bonchev–Trinajstić information content (AvgIpc) is 3.13. The summed E-state index contributed by atoms with van der Waals surface area (Å²) in [5.41, 5.74) is 2.23. The Hall–Kier alpha value is -2.99. The van der Waals surface area contributed by atoms with Crippen LogP contribution in [0.5, 0.6) is 0 Å². The van der Waals surface area contributed by atoms with Gasteiger partial charge in [-0.15, -0.1) is 0 Å². The topological polar surface area (TPSA) is 111 Å². The number of halogens is 1. The highest BCUT2D eigenvalue weighted by molar-refractivity contribution is 5.76. The molecule has 2 aromatic carbocycles. The van der Waals surface area contributed by atoms with E-state index in [1.165, 1.54) is 0 Å². The zero-order valence-corrected chi connectivity index (χ0v) is 35.8. The summed E-state index contributed by atoms with van der Waals surface area (Å²) in [5, 5.41) is 5.97. The molecule has 0 saturated heterocycles. The minimum absolute atomic E-state index is 0. The van der Waals surface area contributed by atoms with E-state index in [2.05, 4.69) is 10.6 Å². The van der Waals surface area contributed by atoms with E-state index >= 15 is 0 Å². The van der Waals surface area contributed by atoms with Crippen LogP contribution < -0.4 is 34.6 Å². The van der Waals surface area contributed by atoms with Crippen molar-refractivity contribution in [1.82, 2.24) is 10.6 Å². The molecule has 1 unspecified atom stereocenters. The zero-order valence-electron chi connectivity index (χ0n) is 33.6. The van der Waals surface area contributed by atoms with Crippen LogP contribution >= 0.6 is 0 Å². The number of rotatable bonds is 31. The van der Waals surface area contributed by atoms with Gasteiger partial charge < -0.3 is 48.6 Å². The first-order valence-corrected chi connectivity index (χ1v) is 20.4. The molecule has 0 aliphatic rings. The first-order valence-electron chi connectivity index (χ1n) is 20.4. The van der Waals surface area contributed by atoms with E-state index < -0.39 is 6.10 Å². The number of ether oxygens (including phenoxy) is 2. The third-order valence-corrected chi connectivity index (χ3v) is 9.21. The lowest BCUT2D eigenvalue weighted by Gasteiger charge is -2.28. The molecule has 54 heavy (non-hydrogen) atoms. The van der Waals surface area contributed by atoms with Crippen molar-refractivity contribution in [3.05, 3.63) is 71.8 Å². The Morgan fingerprint density at radius 1 is 0.519 bits per heavy atom. The fourth-order valence-corrected chi connectivity index (χ4v) is 6.24. The molecule has 0 bridgehead atoms. The number of hydrogen-bond donors (Lipinski definition) is 2. The number of benzene rings is 2. The van der Waals surface area contributed by atoms with Gasteiger partial charge >= 0.3 is 11.9 Å². The van der Waals surface area contributed by atoms with E-state index in [-0.39, 0.29) is 54.3 Å². The van der Waals surface area contributed by atoms with Gasteiger partial charge in [0, 0.05) is 38.8 Å². The quantitative estimate of drug-likeness (QED) is 0.0444. The normalized spacial score (nSPS) is 11.6.